The molecule has 0 aliphatic heterocycles. The van der Waals surface area contributed by atoms with Crippen LogP contribution in [0.1, 0.15) is 22.8 Å². The maximum absolute atomic E-state index is 12.0. The monoisotopic (exact) mass is 256 g/mol. The van der Waals surface area contributed by atoms with Crippen molar-refractivity contribution in [2.45, 2.75) is 13.8 Å². The van der Waals surface area contributed by atoms with Gasteiger partial charge in [-0.2, -0.15) is 0 Å². The fourth-order valence-corrected chi connectivity index (χ4v) is 1.72. The summed E-state index contributed by atoms with van der Waals surface area (Å²) in [6.07, 6.45) is 0. The largest absolute Gasteiger partial charge is 0.494 e. The standard InChI is InChI=1S/C16H16O3/c1-3-18-14-8-5-7-13(11-14)16(17)19-15-9-4-6-12(2)10-15/h4-11H,3H2,1-2H3. The minimum atomic E-state index is -0.382. The summed E-state index contributed by atoms with van der Waals surface area (Å²) in [5.41, 5.74) is 1.53. The molecular formula is C16H16O3. The normalized spacial score (nSPS) is 10.0. The fourth-order valence-electron chi connectivity index (χ4n) is 1.72. The van der Waals surface area contributed by atoms with E-state index < -0.39 is 0 Å². The van der Waals surface area contributed by atoms with E-state index in [0.29, 0.717) is 23.7 Å². The third-order valence-electron chi connectivity index (χ3n) is 2.58. The highest BCUT2D eigenvalue weighted by atomic mass is 16.5. The molecule has 0 fully saturated rings. The van der Waals surface area contributed by atoms with Gasteiger partial charge in [0.2, 0.25) is 0 Å². The lowest BCUT2D eigenvalue weighted by molar-refractivity contribution is 0.0734. The Balaban J connectivity index is 2.13. The number of carbonyl (C=O) groups excluding carboxylic acids is 1. The van der Waals surface area contributed by atoms with Gasteiger partial charge in [-0.3, -0.25) is 0 Å². The van der Waals surface area contributed by atoms with Gasteiger partial charge in [-0.05, 0) is 49.7 Å². The van der Waals surface area contributed by atoms with Crippen molar-refractivity contribution in [3.8, 4) is 11.5 Å². The molecule has 0 bridgehead atoms. The molecule has 98 valence electrons. The van der Waals surface area contributed by atoms with E-state index in [2.05, 4.69) is 0 Å². The second-order valence-electron chi connectivity index (χ2n) is 4.17. The van der Waals surface area contributed by atoms with Crippen molar-refractivity contribution in [1.29, 1.82) is 0 Å². The first-order valence-corrected chi connectivity index (χ1v) is 6.21. The van der Waals surface area contributed by atoms with Crippen molar-refractivity contribution in [3.63, 3.8) is 0 Å². The number of carbonyl (C=O) groups is 1. The van der Waals surface area contributed by atoms with Gasteiger partial charge in [-0.1, -0.05) is 18.2 Å². The van der Waals surface area contributed by atoms with Crippen LogP contribution in [0, 0.1) is 6.92 Å². The molecule has 19 heavy (non-hydrogen) atoms. The molecule has 0 unspecified atom stereocenters. The molecule has 0 spiro atoms. The summed E-state index contributed by atoms with van der Waals surface area (Å²) in [4.78, 5) is 12.0. The summed E-state index contributed by atoms with van der Waals surface area (Å²) in [5.74, 6) is 0.833. The summed E-state index contributed by atoms with van der Waals surface area (Å²) in [6.45, 7) is 4.42. The highest BCUT2D eigenvalue weighted by Crippen LogP contribution is 2.17. The molecule has 0 atom stereocenters. The van der Waals surface area contributed by atoms with Crippen LogP contribution in [0.5, 0.6) is 11.5 Å². The molecule has 0 amide bonds. The Morgan fingerprint density at radius 1 is 1.05 bits per heavy atom. The van der Waals surface area contributed by atoms with Gasteiger partial charge in [0.1, 0.15) is 11.5 Å². The lowest BCUT2D eigenvalue weighted by atomic mass is 10.2. The van der Waals surface area contributed by atoms with Gasteiger partial charge >= 0.3 is 5.97 Å². The molecular weight excluding hydrogens is 240 g/mol. The molecule has 0 aliphatic carbocycles. The quantitative estimate of drug-likeness (QED) is 0.619. The van der Waals surface area contributed by atoms with E-state index in [4.69, 9.17) is 9.47 Å². The molecule has 0 aromatic heterocycles. The van der Waals surface area contributed by atoms with Crippen LogP contribution in [0.2, 0.25) is 0 Å². The lowest BCUT2D eigenvalue weighted by Crippen LogP contribution is -2.08. The van der Waals surface area contributed by atoms with Crippen LogP contribution in [0.15, 0.2) is 48.5 Å². The van der Waals surface area contributed by atoms with Crippen LogP contribution in [0.25, 0.3) is 0 Å². The molecule has 3 nitrogen and oxygen atoms in total. The first-order chi connectivity index (χ1) is 9.19. The van der Waals surface area contributed by atoms with Crippen LogP contribution in [0.3, 0.4) is 0 Å². The van der Waals surface area contributed by atoms with Crippen molar-refractivity contribution >= 4 is 5.97 Å². The molecule has 0 aliphatic rings. The van der Waals surface area contributed by atoms with E-state index in [9.17, 15) is 4.79 Å². The lowest BCUT2D eigenvalue weighted by Gasteiger charge is -2.07. The number of hydrogen-bond donors (Lipinski definition) is 0. The highest BCUT2D eigenvalue weighted by Gasteiger charge is 2.09. The number of aryl methyl sites for hydroxylation is 1. The van der Waals surface area contributed by atoms with Crippen molar-refractivity contribution in [1.82, 2.24) is 0 Å². The summed E-state index contributed by atoms with van der Waals surface area (Å²) in [5, 5.41) is 0. The Morgan fingerprint density at radius 2 is 1.79 bits per heavy atom. The zero-order valence-electron chi connectivity index (χ0n) is 11.1. The molecule has 2 aromatic carbocycles. The summed E-state index contributed by atoms with van der Waals surface area (Å²) < 4.78 is 10.7. The minimum Gasteiger partial charge on any atom is -0.494 e. The molecule has 0 radical (unpaired) electrons. The number of rotatable bonds is 4. The molecule has 2 rings (SSSR count). The minimum absolute atomic E-state index is 0.382. The molecule has 3 heteroatoms. The van der Waals surface area contributed by atoms with Crippen molar-refractivity contribution < 1.29 is 14.3 Å². The third-order valence-corrected chi connectivity index (χ3v) is 2.58. The fraction of sp³-hybridized carbons (Fsp3) is 0.188. The third kappa shape index (κ3) is 3.58. The SMILES string of the molecule is CCOc1cccc(C(=O)Oc2cccc(C)c2)c1. The average Bonchev–Trinajstić information content (AvgIpc) is 2.39. The Hall–Kier alpha value is -2.29. The predicted molar refractivity (Wildman–Crippen MR) is 73.7 cm³/mol. The molecule has 2 aromatic rings. The van der Waals surface area contributed by atoms with Crippen molar-refractivity contribution in [2.75, 3.05) is 6.61 Å². The Morgan fingerprint density at radius 3 is 2.53 bits per heavy atom. The van der Waals surface area contributed by atoms with E-state index in [1.165, 1.54) is 0 Å². The van der Waals surface area contributed by atoms with Crippen LogP contribution in [-0.4, -0.2) is 12.6 Å². The van der Waals surface area contributed by atoms with Crippen LogP contribution >= 0.6 is 0 Å². The topological polar surface area (TPSA) is 35.5 Å². The van der Waals surface area contributed by atoms with Gasteiger partial charge in [0, 0.05) is 0 Å². The molecule has 0 saturated carbocycles. The predicted octanol–water partition coefficient (Wildman–Crippen LogP) is 3.61. The summed E-state index contributed by atoms with van der Waals surface area (Å²) >= 11 is 0. The second kappa shape index (κ2) is 6.05. The van der Waals surface area contributed by atoms with Gasteiger partial charge in [0.05, 0.1) is 12.2 Å². The van der Waals surface area contributed by atoms with E-state index in [-0.39, 0.29) is 5.97 Å². The first kappa shape index (κ1) is 13.1. The number of hydrogen-bond acceptors (Lipinski definition) is 3. The van der Waals surface area contributed by atoms with E-state index >= 15 is 0 Å². The Bertz CT molecular complexity index is 576. The van der Waals surface area contributed by atoms with E-state index in [1.54, 1.807) is 24.3 Å². The maximum atomic E-state index is 12.0. The Labute approximate surface area is 112 Å². The van der Waals surface area contributed by atoms with E-state index in [0.717, 1.165) is 5.56 Å². The first-order valence-electron chi connectivity index (χ1n) is 6.21. The smallest absolute Gasteiger partial charge is 0.343 e. The van der Waals surface area contributed by atoms with Crippen LogP contribution in [0.4, 0.5) is 0 Å². The number of ether oxygens (including phenoxy) is 2. The summed E-state index contributed by atoms with van der Waals surface area (Å²) in [7, 11) is 0. The zero-order valence-corrected chi connectivity index (χ0v) is 11.1. The maximum Gasteiger partial charge on any atom is 0.343 e. The van der Waals surface area contributed by atoms with Gasteiger partial charge in [-0.25, -0.2) is 4.79 Å². The summed E-state index contributed by atoms with van der Waals surface area (Å²) in [6, 6.07) is 14.4. The van der Waals surface area contributed by atoms with Crippen LogP contribution in [-0.2, 0) is 0 Å². The van der Waals surface area contributed by atoms with Gasteiger partial charge in [-0.15, -0.1) is 0 Å². The highest BCUT2D eigenvalue weighted by molar-refractivity contribution is 5.91. The Kier molecular flexibility index (Phi) is 4.18. The molecule has 0 heterocycles. The number of esters is 1. The van der Waals surface area contributed by atoms with Gasteiger partial charge in [0.15, 0.2) is 0 Å². The van der Waals surface area contributed by atoms with E-state index in [1.807, 2.05) is 38.1 Å². The number of benzene rings is 2. The molecule has 0 saturated heterocycles. The van der Waals surface area contributed by atoms with Crippen molar-refractivity contribution in [3.05, 3.63) is 59.7 Å². The average molecular weight is 256 g/mol. The molecule has 0 N–H and O–H groups in total. The second-order valence-corrected chi connectivity index (χ2v) is 4.17. The van der Waals surface area contributed by atoms with Gasteiger partial charge < -0.3 is 9.47 Å². The van der Waals surface area contributed by atoms with Crippen molar-refractivity contribution in [2.24, 2.45) is 0 Å². The zero-order chi connectivity index (χ0) is 13.7. The van der Waals surface area contributed by atoms with Gasteiger partial charge in [0.25, 0.3) is 0 Å². The van der Waals surface area contributed by atoms with Crippen LogP contribution < -0.4 is 9.47 Å².